The summed E-state index contributed by atoms with van der Waals surface area (Å²) in [5.41, 5.74) is 0.165. The highest BCUT2D eigenvalue weighted by molar-refractivity contribution is 5.91. The zero-order chi connectivity index (χ0) is 24.8. The van der Waals surface area contributed by atoms with Crippen LogP contribution in [0.2, 0.25) is 0 Å². The van der Waals surface area contributed by atoms with Gasteiger partial charge in [-0.2, -0.15) is 0 Å². The fraction of sp³-hybridized carbons (Fsp3) is 0.435. The Hall–Kier alpha value is -2.92. The van der Waals surface area contributed by atoms with E-state index < -0.39 is 35.5 Å². The van der Waals surface area contributed by atoms with Gasteiger partial charge in [-0.05, 0) is 37.1 Å². The number of hydrogen-bond donors (Lipinski definition) is 0. The highest BCUT2D eigenvalue weighted by Gasteiger charge is 2.34. The van der Waals surface area contributed by atoms with Crippen molar-refractivity contribution in [3.05, 3.63) is 53.6 Å². The number of carbonyl (C=O) groups is 1. The molecule has 0 unspecified atom stereocenters. The molecule has 0 aromatic heterocycles. The Morgan fingerprint density at radius 1 is 1.00 bits per heavy atom. The number of ether oxygens (including phenoxy) is 5. The first-order chi connectivity index (χ1) is 16.0. The van der Waals surface area contributed by atoms with Gasteiger partial charge in [0.15, 0.2) is 11.6 Å². The first-order valence-electron chi connectivity index (χ1n) is 10.4. The molecule has 0 N–H and O–H groups in total. The lowest BCUT2D eigenvalue weighted by Gasteiger charge is -2.37. The molecule has 186 valence electrons. The highest BCUT2D eigenvalue weighted by Crippen LogP contribution is 2.32. The quantitative estimate of drug-likeness (QED) is 0.185. The Morgan fingerprint density at radius 2 is 1.62 bits per heavy atom. The summed E-state index contributed by atoms with van der Waals surface area (Å²) in [6, 6.07) is 6.65. The summed E-state index contributed by atoms with van der Waals surface area (Å²) in [4.78, 5) is 12.2. The Morgan fingerprint density at radius 3 is 2.18 bits per heavy atom. The molecule has 2 aromatic rings. The maximum absolute atomic E-state index is 13.7. The lowest BCUT2D eigenvalue weighted by Crippen LogP contribution is -2.43. The zero-order valence-electron chi connectivity index (χ0n) is 18.3. The largest absolute Gasteiger partial charge is 0.573 e. The summed E-state index contributed by atoms with van der Waals surface area (Å²) in [6.07, 6.45) is -3.69. The molecule has 0 atom stereocenters. The van der Waals surface area contributed by atoms with Crippen molar-refractivity contribution < 1.29 is 50.4 Å². The van der Waals surface area contributed by atoms with E-state index in [4.69, 9.17) is 18.9 Å². The summed E-state index contributed by atoms with van der Waals surface area (Å²) in [5.74, 6) is -6.04. The number of halogens is 5. The van der Waals surface area contributed by atoms with E-state index in [2.05, 4.69) is 11.7 Å². The maximum Gasteiger partial charge on any atom is 0.573 e. The lowest BCUT2D eigenvalue weighted by molar-refractivity contribution is -0.276. The van der Waals surface area contributed by atoms with Crippen LogP contribution in [0.5, 0.6) is 17.2 Å². The second-order valence-electron chi connectivity index (χ2n) is 8.09. The number of rotatable bonds is 11. The Balaban J connectivity index is 1.42. The molecule has 34 heavy (non-hydrogen) atoms. The topological polar surface area (TPSA) is 63.2 Å². The average Bonchev–Trinajstić information content (AvgIpc) is 2.74. The van der Waals surface area contributed by atoms with E-state index in [1.165, 1.54) is 24.3 Å². The minimum Gasteiger partial charge on any atom is -0.494 e. The van der Waals surface area contributed by atoms with Crippen molar-refractivity contribution in [2.24, 2.45) is 5.41 Å². The van der Waals surface area contributed by atoms with Crippen molar-refractivity contribution in [3.63, 3.8) is 0 Å². The number of carbonyl (C=O) groups excluding carboxylic acids is 1. The van der Waals surface area contributed by atoms with E-state index in [1.54, 1.807) is 0 Å². The van der Waals surface area contributed by atoms with Gasteiger partial charge in [-0.3, -0.25) is 0 Å². The number of unbranched alkanes of at least 4 members (excludes halogenated alkanes) is 1. The molecule has 1 heterocycles. The van der Waals surface area contributed by atoms with Gasteiger partial charge in [-0.25, -0.2) is 13.6 Å². The molecule has 0 radical (unpaired) electrons. The summed E-state index contributed by atoms with van der Waals surface area (Å²) < 4.78 is 88.6. The number of alkyl halides is 3. The molecule has 0 saturated carbocycles. The molecule has 6 nitrogen and oxygen atoms in total. The third kappa shape index (κ3) is 7.56. The molecule has 3 rings (SSSR count). The summed E-state index contributed by atoms with van der Waals surface area (Å²) in [7, 11) is 0. The van der Waals surface area contributed by atoms with Crippen LogP contribution in [0.1, 0.15) is 30.1 Å². The standard InChI is InChI=1S/C23H23F5O6/c1-22(13-31-14-22)12-30-8-2-3-9-32-16-6-4-15(5-7-16)21(29)33-17-10-18(24)20(19(25)11-17)34-23(26,27)28/h4-7,10-11H,2-3,8-9,12-14H2,1H3. The van der Waals surface area contributed by atoms with Crippen LogP contribution in [0, 0.1) is 17.0 Å². The molecule has 0 bridgehead atoms. The maximum atomic E-state index is 13.7. The Labute approximate surface area is 192 Å². The van der Waals surface area contributed by atoms with Gasteiger partial charge in [0.2, 0.25) is 5.75 Å². The van der Waals surface area contributed by atoms with Crippen LogP contribution in [-0.2, 0) is 9.47 Å². The molecule has 0 aliphatic carbocycles. The molecule has 11 heteroatoms. The molecule has 1 fully saturated rings. The number of hydrogen-bond acceptors (Lipinski definition) is 6. The van der Waals surface area contributed by atoms with Gasteiger partial charge in [0.1, 0.15) is 11.5 Å². The van der Waals surface area contributed by atoms with E-state index >= 15 is 0 Å². The van der Waals surface area contributed by atoms with E-state index in [0.717, 1.165) is 26.1 Å². The lowest BCUT2D eigenvalue weighted by atomic mass is 9.90. The normalized spacial score (nSPS) is 14.9. The van der Waals surface area contributed by atoms with E-state index in [0.29, 0.717) is 37.7 Å². The van der Waals surface area contributed by atoms with Crippen LogP contribution in [-0.4, -0.2) is 45.4 Å². The second kappa shape index (κ2) is 11.0. The van der Waals surface area contributed by atoms with E-state index in [9.17, 15) is 26.7 Å². The number of esters is 1. The molecule has 1 saturated heterocycles. The van der Waals surface area contributed by atoms with Gasteiger partial charge in [0.25, 0.3) is 0 Å². The van der Waals surface area contributed by atoms with Crippen LogP contribution >= 0.6 is 0 Å². The molecule has 0 amide bonds. The molecule has 1 aliphatic heterocycles. The van der Waals surface area contributed by atoms with Gasteiger partial charge in [0.05, 0.1) is 32.0 Å². The third-order valence-corrected chi connectivity index (χ3v) is 4.79. The smallest absolute Gasteiger partial charge is 0.494 e. The van der Waals surface area contributed by atoms with Crippen molar-refractivity contribution in [2.75, 3.05) is 33.0 Å². The average molecular weight is 490 g/mol. The van der Waals surface area contributed by atoms with E-state index in [-0.39, 0.29) is 11.0 Å². The summed E-state index contributed by atoms with van der Waals surface area (Å²) in [6.45, 7) is 5.27. The van der Waals surface area contributed by atoms with Gasteiger partial charge >= 0.3 is 12.3 Å². The van der Waals surface area contributed by atoms with E-state index in [1.807, 2.05) is 0 Å². The zero-order valence-corrected chi connectivity index (χ0v) is 18.3. The van der Waals surface area contributed by atoms with Crippen LogP contribution in [0.25, 0.3) is 0 Å². The van der Waals surface area contributed by atoms with Crippen LogP contribution < -0.4 is 14.2 Å². The predicted octanol–water partition coefficient (Wildman–Crippen LogP) is 5.29. The fourth-order valence-corrected chi connectivity index (χ4v) is 3.01. The SMILES string of the molecule is CC1(COCCCCOc2ccc(C(=O)Oc3cc(F)c(OC(F)(F)F)c(F)c3)cc2)COC1. The molecule has 2 aromatic carbocycles. The first-order valence-corrected chi connectivity index (χ1v) is 10.4. The van der Waals surface area contributed by atoms with Crippen LogP contribution in [0.3, 0.4) is 0 Å². The fourth-order valence-electron chi connectivity index (χ4n) is 3.01. The van der Waals surface area contributed by atoms with Crippen LogP contribution in [0.15, 0.2) is 36.4 Å². The Bertz CT molecular complexity index is 950. The van der Waals surface area contributed by atoms with Crippen molar-refractivity contribution in [1.82, 2.24) is 0 Å². The first kappa shape index (κ1) is 25.7. The molecule has 1 aliphatic rings. The monoisotopic (exact) mass is 490 g/mol. The van der Waals surface area contributed by atoms with Crippen molar-refractivity contribution in [2.45, 2.75) is 26.1 Å². The van der Waals surface area contributed by atoms with Crippen molar-refractivity contribution >= 4 is 5.97 Å². The van der Waals surface area contributed by atoms with Gasteiger partial charge in [0, 0.05) is 24.2 Å². The number of benzene rings is 2. The predicted molar refractivity (Wildman–Crippen MR) is 109 cm³/mol. The van der Waals surface area contributed by atoms with Crippen molar-refractivity contribution in [1.29, 1.82) is 0 Å². The molecular weight excluding hydrogens is 467 g/mol. The molecular formula is C23H23F5O6. The summed E-state index contributed by atoms with van der Waals surface area (Å²) in [5, 5.41) is 0. The molecule has 0 spiro atoms. The second-order valence-corrected chi connectivity index (χ2v) is 8.09. The summed E-state index contributed by atoms with van der Waals surface area (Å²) >= 11 is 0. The van der Waals surface area contributed by atoms with Crippen LogP contribution in [0.4, 0.5) is 22.0 Å². The highest BCUT2D eigenvalue weighted by atomic mass is 19.4. The van der Waals surface area contributed by atoms with Gasteiger partial charge in [-0.15, -0.1) is 13.2 Å². The Kier molecular flexibility index (Phi) is 8.32. The third-order valence-electron chi connectivity index (χ3n) is 4.79. The minimum absolute atomic E-state index is 0.0469. The minimum atomic E-state index is -5.28. The van der Waals surface area contributed by atoms with Gasteiger partial charge < -0.3 is 23.7 Å². The van der Waals surface area contributed by atoms with Gasteiger partial charge in [-0.1, -0.05) is 6.92 Å². The van der Waals surface area contributed by atoms with Crippen molar-refractivity contribution in [3.8, 4) is 17.2 Å².